The molecule has 1 aliphatic rings. The van der Waals surface area contributed by atoms with Crippen molar-refractivity contribution in [1.82, 2.24) is 5.32 Å². The normalized spacial score (nSPS) is 18.1. The van der Waals surface area contributed by atoms with Gasteiger partial charge in [-0.25, -0.2) is 0 Å². The molecule has 0 spiro atoms. The molecule has 14 heavy (non-hydrogen) atoms. The molecule has 2 rings (SSSR count). The van der Waals surface area contributed by atoms with Gasteiger partial charge in [0.1, 0.15) is 0 Å². The van der Waals surface area contributed by atoms with Crippen molar-refractivity contribution in [3.8, 4) is 0 Å². The van der Waals surface area contributed by atoms with E-state index < -0.39 is 0 Å². The monoisotopic (exact) mass is 209 g/mol. The van der Waals surface area contributed by atoms with Crippen LogP contribution < -0.4 is 5.32 Å². The molecule has 0 aliphatic heterocycles. The Labute approximate surface area is 90.5 Å². The van der Waals surface area contributed by atoms with Crippen LogP contribution in [0.2, 0.25) is 5.02 Å². The van der Waals surface area contributed by atoms with Gasteiger partial charge in [-0.15, -0.1) is 0 Å². The van der Waals surface area contributed by atoms with Crippen LogP contribution in [0.1, 0.15) is 31.4 Å². The highest BCUT2D eigenvalue weighted by Gasteiger charge is 2.31. The second-order valence-electron chi connectivity index (χ2n) is 3.93. The summed E-state index contributed by atoms with van der Waals surface area (Å²) in [6.07, 6.45) is 2.70. The molecule has 76 valence electrons. The minimum absolute atomic E-state index is 0.513. The molecule has 1 aliphatic carbocycles. The fraction of sp³-hybridized carbons (Fsp3) is 0.500. The molecule has 0 amide bonds. The summed E-state index contributed by atoms with van der Waals surface area (Å²) in [6.45, 7) is 3.17. The summed E-state index contributed by atoms with van der Waals surface area (Å²) in [5, 5.41) is 4.37. The molecule has 1 nitrogen and oxygen atoms in total. The third-order valence-electron chi connectivity index (χ3n) is 2.73. The summed E-state index contributed by atoms with van der Waals surface area (Å²) in [4.78, 5) is 0. The predicted octanol–water partition coefficient (Wildman–Crippen LogP) is 3.40. The van der Waals surface area contributed by atoms with Crippen molar-refractivity contribution in [3.63, 3.8) is 0 Å². The number of rotatable bonds is 4. The van der Waals surface area contributed by atoms with Crippen LogP contribution in [0.25, 0.3) is 0 Å². The van der Waals surface area contributed by atoms with Gasteiger partial charge in [0, 0.05) is 11.1 Å². The number of hydrogen-bond acceptors (Lipinski definition) is 1. The summed E-state index contributed by atoms with van der Waals surface area (Å²) in [7, 11) is 0. The Morgan fingerprint density at radius 3 is 2.86 bits per heavy atom. The van der Waals surface area contributed by atoms with Crippen LogP contribution >= 0.6 is 11.6 Å². The van der Waals surface area contributed by atoms with E-state index in [-0.39, 0.29) is 0 Å². The number of nitrogens with one attached hydrogen (secondary N) is 1. The van der Waals surface area contributed by atoms with Crippen LogP contribution in [-0.4, -0.2) is 6.54 Å². The summed E-state index contributed by atoms with van der Waals surface area (Å²) in [5.41, 5.74) is 1.34. The lowest BCUT2D eigenvalue weighted by atomic mass is 10.0. The number of benzene rings is 1. The van der Waals surface area contributed by atoms with E-state index in [2.05, 4.69) is 24.4 Å². The molecule has 0 heterocycles. The zero-order valence-corrected chi connectivity index (χ0v) is 9.22. The van der Waals surface area contributed by atoms with E-state index in [1.54, 1.807) is 0 Å². The van der Waals surface area contributed by atoms with E-state index in [1.165, 1.54) is 18.4 Å². The van der Waals surface area contributed by atoms with Crippen molar-refractivity contribution in [2.24, 2.45) is 5.92 Å². The lowest BCUT2D eigenvalue weighted by Crippen LogP contribution is -2.22. The molecule has 1 atom stereocenters. The molecule has 0 bridgehead atoms. The van der Waals surface area contributed by atoms with Gasteiger partial charge in [-0.3, -0.25) is 0 Å². The minimum atomic E-state index is 0.513. The Hall–Kier alpha value is -0.530. The quantitative estimate of drug-likeness (QED) is 0.802. The Morgan fingerprint density at radius 2 is 2.29 bits per heavy atom. The Balaban J connectivity index is 2.16. The summed E-state index contributed by atoms with van der Waals surface area (Å²) in [5.74, 6) is 0.827. The Morgan fingerprint density at radius 1 is 1.50 bits per heavy atom. The molecule has 1 unspecified atom stereocenters. The van der Waals surface area contributed by atoms with E-state index in [0.29, 0.717) is 6.04 Å². The smallest absolute Gasteiger partial charge is 0.0409 e. The topological polar surface area (TPSA) is 12.0 Å². The lowest BCUT2D eigenvalue weighted by molar-refractivity contribution is 0.496. The van der Waals surface area contributed by atoms with Crippen LogP contribution in [0.4, 0.5) is 0 Å². The number of hydrogen-bond donors (Lipinski definition) is 1. The minimum Gasteiger partial charge on any atom is -0.310 e. The largest absolute Gasteiger partial charge is 0.310 e. The second kappa shape index (κ2) is 4.33. The van der Waals surface area contributed by atoms with E-state index in [9.17, 15) is 0 Å². The first kappa shape index (κ1) is 10.0. The maximum absolute atomic E-state index is 5.99. The molecule has 1 saturated carbocycles. The lowest BCUT2D eigenvalue weighted by Gasteiger charge is -2.17. The molecule has 1 aromatic carbocycles. The molecule has 1 fully saturated rings. The molecule has 0 saturated heterocycles. The Bertz CT molecular complexity index is 307. The molecule has 1 N–H and O–H groups in total. The van der Waals surface area contributed by atoms with Gasteiger partial charge < -0.3 is 5.32 Å². The average molecular weight is 210 g/mol. The predicted molar refractivity (Wildman–Crippen MR) is 60.6 cm³/mol. The van der Waals surface area contributed by atoms with Crippen LogP contribution in [0.15, 0.2) is 24.3 Å². The highest BCUT2D eigenvalue weighted by molar-refractivity contribution is 6.30. The fourth-order valence-electron chi connectivity index (χ4n) is 1.91. The summed E-state index contributed by atoms with van der Waals surface area (Å²) < 4.78 is 0. The zero-order chi connectivity index (χ0) is 9.97. The highest BCUT2D eigenvalue weighted by atomic mass is 35.5. The second-order valence-corrected chi connectivity index (χ2v) is 4.36. The van der Waals surface area contributed by atoms with Gasteiger partial charge in [-0.05, 0) is 43.0 Å². The highest BCUT2D eigenvalue weighted by Crippen LogP contribution is 2.41. The third-order valence-corrected chi connectivity index (χ3v) is 2.96. The van der Waals surface area contributed by atoms with Crippen LogP contribution in [0.5, 0.6) is 0 Å². The molecule has 1 aromatic rings. The van der Waals surface area contributed by atoms with Crippen molar-refractivity contribution in [2.45, 2.75) is 25.8 Å². The van der Waals surface area contributed by atoms with Gasteiger partial charge in [-0.2, -0.15) is 0 Å². The molecule has 2 heteroatoms. The standard InChI is InChI=1S/C12H16ClN/c1-2-14-12(9-6-7-9)10-4-3-5-11(13)8-10/h3-5,8-9,12,14H,2,6-7H2,1H3. The number of halogens is 1. The van der Waals surface area contributed by atoms with E-state index in [1.807, 2.05) is 12.1 Å². The first-order valence-corrected chi connectivity index (χ1v) is 5.68. The van der Waals surface area contributed by atoms with Crippen molar-refractivity contribution in [3.05, 3.63) is 34.9 Å². The maximum atomic E-state index is 5.99. The van der Waals surface area contributed by atoms with Gasteiger partial charge in [0.05, 0.1) is 0 Å². The van der Waals surface area contributed by atoms with Gasteiger partial charge in [0.15, 0.2) is 0 Å². The SMILES string of the molecule is CCNC(c1cccc(Cl)c1)C1CC1. The maximum Gasteiger partial charge on any atom is 0.0409 e. The average Bonchev–Trinajstić information content (AvgIpc) is 2.97. The first-order valence-electron chi connectivity index (χ1n) is 5.30. The van der Waals surface area contributed by atoms with Crippen LogP contribution in [0, 0.1) is 5.92 Å². The van der Waals surface area contributed by atoms with E-state index in [0.717, 1.165) is 17.5 Å². The van der Waals surface area contributed by atoms with Gasteiger partial charge in [0.25, 0.3) is 0 Å². The first-order chi connectivity index (χ1) is 6.81. The fourth-order valence-corrected chi connectivity index (χ4v) is 2.10. The molecule has 0 aromatic heterocycles. The Kier molecular flexibility index (Phi) is 3.09. The van der Waals surface area contributed by atoms with Crippen molar-refractivity contribution in [2.75, 3.05) is 6.54 Å². The third kappa shape index (κ3) is 2.28. The van der Waals surface area contributed by atoms with Crippen molar-refractivity contribution < 1.29 is 0 Å². The molecular formula is C12H16ClN. The summed E-state index contributed by atoms with van der Waals surface area (Å²) >= 11 is 5.99. The van der Waals surface area contributed by atoms with Gasteiger partial charge >= 0.3 is 0 Å². The summed E-state index contributed by atoms with van der Waals surface area (Å²) in [6, 6.07) is 8.72. The van der Waals surface area contributed by atoms with Crippen molar-refractivity contribution >= 4 is 11.6 Å². The molecule has 0 radical (unpaired) electrons. The van der Waals surface area contributed by atoms with Gasteiger partial charge in [-0.1, -0.05) is 30.7 Å². The van der Waals surface area contributed by atoms with Crippen LogP contribution in [0.3, 0.4) is 0 Å². The molecular weight excluding hydrogens is 194 g/mol. The van der Waals surface area contributed by atoms with Crippen LogP contribution in [-0.2, 0) is 0 Å². The van der Waals surface area contributed by atoms with Crippen molar-refractivity contribution in [1.29, 1.82) is 0 Å². The van der Waals surface area contributed by atoms with E-state index in [4.69, 9.17) is 11.6 Å². The van der Waals surface area contributed by atoms with E-state index >= 15 is 0 Å². The zero-order valence-electron chi connectivity index (χ0n) is 8.46. The van der Waals surface area contributed by atoms with Gasteiger partial charge in [0.2, 0.25) is 0 Å².